The first-order valence-electron chi connectivity index (χ1n) is 7.35. The number of carbonyl (C=O) groups excluding carboxylic acids is 1. The molecule has 1 N–H and O–H groups in total. The molecule has 0 spiro atoms. The van der Waals surface area contributed by atoms with Gasteiger partial charge in [0.25, 0.3) is 5.91 Å². The molecule has 1 fully saturated rings. The fourth-order valence-corrected chi connectivity index (χ4v) is 2.58. The van der Waals surface area contributed by atoms with Crippen molar-refractivity contribution in [2.24, 2.45) is 7.05 Å². The minimum atomic E-state index is -2.95. The van der Waals surface area contributed by atoms with Crippen molar-refractivity contribution >= 4 is 5.91 Å². The van der Waals surface area contributed by atoms with Crippen LogP contribution in [0.1, 0.15) is 28.4 Å². The summed E-state index contributed by atoms with van der Waals surface area (Å²) < 4.78 is 35.7. The highest BCUT2D eigenvalue weighted by molar-refractivity contribution is 5.94. The Hall–Kier alpha value is -2.55. The molecule has 0 unspecified atom stereocenters. The van der Waals surface area contributed by atoms with Crippen LogP contribution in [0.3, 0.4) is 0 Å². The predicted octanol–water partition coefficient (Wildman–Crippen LogP) is 1.68. The maximum Gasteiger partial charge on any atom is 0.388 e. The van der Waals surface area contributed by atoms with Crippen LogP contribution in [0.15, 0.2) is 30.7 Å². The average Bonchev–Trinajstić information content (AvgIpc) is 3.16. The van der Waals surface area contributed by atoms with E-state index in [0.29, 0.717) is 13.0 Å². The van der Waals surface area contributed by atoms with Crippen molar-refractivity contribution in [3.8, 4) is 5.88 Å². The third-order valence-corrected chi connectivity index (χ3v) is 3.67. The molecule has 3 heterocycles. The molecule has 0 radical (unpaired) electrons. The number of aryl methyl sites for hydroxylation is 1. The second-order valence-corrected chi connectivity index (χ2v) is 5.37. The molecule has 1 aliphatic rings. The Morgan fingerprint density at radius 1 is 1.46 bits per heavy atom. The van der Waals surface area contributed by atoms with Crippen LogP contribution in [0.4, 0.5) is 8.78 Å². The fraction of sp³-hybridized carbons (Fsp3) is 0.400. The van der Waals surface area contributed by atoms with E-state index in [-0.39, 0.29) is 29.5 Å². The van der Waals surface area contributed by atoms with Crippen molar-refractivity contribution in [3.05, 3.63) is 41.9 Å². The number of alkyl halides is 2. The first-order valence-corrected chi connectivity index (χ1v) is 7.35. The van der Waals surface area contributed by atoms with Gasteiger partial charge in [-0.3, -0.25) is 9.48 Å². The van der Waals surface area contributed by atoms with Gasteiger partial charge in [0.1, 0.15) is 6.10 Å². The van der Waals surface area contributed by atoms with E-state index in [1.54, 1.807) is 17.9 Å². The summed E-state index contributed by atoms with van der Waals surface area (Å²) in [6.45, 7) is -2.42. The fourth-order valence-electron chi connectivity index (χ4n) is 2.58. The first-order chi connectivity index (χ1) is 11.5. The summed E-state index contributed by atoms with van der Waals surface area (Å²) in [7, 11) is 1.81. The molecular formula is C15H16F2N4O3. The Labute approximate surface area is 136 Å². The Kier molecular flexibility index (Phi) is 4.70. The topological polar surface area (TPSA) is 78.3 Å². The van der Waals surface area contributed by atoms with Crippen molar-refractivity contribution in [1.29, 1.82) is 0 Å². The molecule has 2 aromatic rings. The Balaban J connectivity index is 1.65. The van der Waals surface area contributed by atoms with E-state index in [1.165, 1.54) is 18.3 Å². The predicted molar refractivity (Wildman–Crippen MR) is 78.6 cm³/mol. The zero-order valence-electron chi connectivity index (χ0n) is 12.9. The zero-order chi connectivity index (χ0) is 17.1. The lowest BCUT2D eigenvalue weighted by molar-refractivity contribution is -0.0528. The SMILES string of the molecule is Cn1cc([C@@H]2OCC[C@H]2NC(=O)c2ccc(OC(F)F)nc2)cn1. The number of carbonyl (C=O) groups is 1. The van der Waals surface area contributed by atoms with Gasteiger partial charge in [-0.1, -0.05) is 0 Å². The quantitative estimate of drug-likeness (QED) is 0.897. The highest BCUT2D eigenvalue weighted by Gasteiger charge is 2.32. The number of halogens is 2. The molecular weight excluding hydrogens is 322 g/mol. The third kappa shape index (κ3) is 3.67. The minimum Gasteiger partial charge on any atom is -0.417 e. The summed E-state index contributed by atoms with van der Waals surface area (Å²) >= 11 is 0. The van der Waals surface area contributed by atoms with Gasteiger partial charge < -0.3 is 14.8 Å². The van der Waals surface area contributed by atoms with Crippen molar-refractivity contribution in [2.45, 2.75) is 25.2 Å². The number of ether oxygens (including phenoxy) is 2. The molecule has 24 heavy (non-hydrogen) atoms. The summed E-state index contributed by atoms with van der Waals surface area (Å²) in [5.41, 5.74) is 1.15. The van der Waals surface area contributed by atoms with Crippen LogP contribution in [0.25, 0.3) is 0 Å². The normalized spacial score (nSPS) is 20.3. The lowest BCUT2D eigenvalue weighted by atomic mass is 10.1. The summed E-state index contributed by atoms with van der Waals surface area (Å²) in [6.07, 6.45) is 5.14. The minimum absolute atomic E-state index is 0.196. The van der Waals surface area contributed by atoms with Crippen LogP contribution < -0.4 is 10.1 Å². The van der Waals surface area contributed by atoms with Crippen LogP contribution in [0.5, 0.6) is 5.88 Å². The van der Waals surface area contributed by atoms with E-state index in [4.69, 9.17) is 4.74 Å². The molecule has 3 rings (SSSR count). The molecule has 1 amide bonds. The summed E-state index contributed by atoms with van der Waals surface area (Å²) in [5, 5.41) is 6.99. The second kappa shape index (κ2) is 6.91. The molecule has 0 aliphatic carbocycles. The van der Waals surface area contributed by atoms with Crippen LogP contribution >= 0.6 is 0 Å². The Bertz CT molecular complexity index is 705. The maximum atomic E-state index is 12.3. The third-order valence-electron chi connectivity index (χ3n) is 3.67. The number of pyridine rings is 1. The monoisotopic (exact) mass is 338 g/mol. The number of nitrogens with zero attached hydrogens (tertiary/aromatic N) is 3. The molecule has 0 saturated carbocycles. The van der Waals surface area contributed by atoms with Crippen LogP contribution in [-0.2, 0) is 11.8 Å². The van der Waals surface area contributed by atoms with Crippen molar-refractivity contribution in [3.63, 3.8) is 0 Å². The van der Waals surface area contributed by atoms with Gasteiger partial charge in [0.15, 0.2) is 0 Å². The number of rotatable bonds is 5. The van der Waals surface area contributed by atoms with Crippen molar-refractivity contribution < 1.29 is 23.0 Å². The van der Waals surface area contributed by atoms with Crippen molar-refractivity contribution in [2.75, 3.05) is 6.61 Å². The summed E-state index contributed by atoms with van der Waals surface area (Å²) in [5.74, 6) is -0.588. The zero-order valence-corrected chi connectivity index (χ0v) is 12.9. The second-order valence-electron chi connectivity index (χ2n) is 5.37. The van der Waals surface area contributed by atoms with Crippen molar-refractivity contribution in [1.82, 2.24) is 20.1 Å². The van der Waals surface area contributed by atoms with Crippen LogP contribution in [0, 0.1) is 0 Å². The summed E-state index contributed by atoms with van der Waals surface area (Å²) in [4.78, 5) is 16.0. The number of nitrogens with one attached hydrogen (secondary N) is 1. The van der Waals surface area contributed by atoms with Gasteiger partial charge in [0.2, 0.25) is 5.88 Å². The first kappa shape index (κ1) is 16.3. The number of hydrogen-bond acceptors (Lipinski definition) is 5. The highest BCUT2D eigenvalue weighted by atomic mass is 19.3. The Morgan fingerprint density at radius 2 is 2.29 bits per heavy atom. The van der Waals surface area contributed by atoms with Gasteiger partial charge in [-0.05, 0) is 12.5 Å². The van der Waals surface area contributed by atoms with E-state index < -0.39 is 6.61 Å². The maximum absolute atomic E-state index is 12.3. The lowest BCUT2D eigenvalue weighted by Gasteiger charge is -2.18. The van der Waals surface area contributed by atoms with E-state index in [9.17, 15) is 13.6 Å². The van der Waals surface area contributed by atoms with Gasteiger partial charge in [-0.25, -0.2) is 4.98 Å². The molecule has 1 aliphatic heterocycles. The average molecular weight is 338 g/mol. The smallest absolute Gasteiger partial charge is 0.388 e. The van der Waals surface area contributed by atoms with Gasteiger partial charge in [0, 0.05) is 37.7 Å². The van der Waals surface area contributed by atoms with Gasteiger partial charge in [-0.2, -0.15) is 13.9 Å². The molecule has 7 nitrogen and oxygen atoms in total. The van der Waals surface area contributed by atoms with Crippen LogP contribution in [0.2, 0.25) is 0 Å². The number of aromatic nitrogens is 3. The van der Waals surface area contributed by atoms with E-state index in [0.717, 1.165) is 5.56 Å². The lowest BCUT2D eigenvalue weighted by Crippen LogP contribution is -2.36. The molecule has 0 bridgehead atoms. The molecule has 0 aromatic carbocycles. The highest BCUT2D eigenvalue weighted by Crippen LogP contribution is 2.29. The molecule has 2 aromatic heterocycles. The molecule has 9 heteroatoms. The van der Waals surface area contributed by atoms with Gasteiger partial charge in [-0.15, -0.1) is 0 Å². The van der Waals surface area contributed by atoms with Gasteiger partial charge >= 0.3 is 6.61 Å². The Morgan fingerprint density at radius 3 is 2.92 bits per heavy atom. The van der Waals surface area contributed by atoms with E-state index >= 15 is 0 Å². The molecule has 1 saturated heterocycles. The molecule has 128 valence electrons. The summed E-state index contributed by atoms with van der Waals surface area (Å²) in [6, 6.07) is 2.42. The largest absolute Gasteiger partial charge is 0.417 e. The molecule has 2 atom stereocenters. The standard InChI is InChI=1S/C15H16F2N4O3/c1-21-8-10(7-19-21)13-11(4-5-23-13)20-14(22)9-2-3-12(18-6-9)24-15(16)17/h2-3,6-8,11,13,15H,4-5H2,1H3,(H,20,22)/t11-,13+/m1/s1. The van der Waals surface area contributed by atoms with E-state index in [2.05, 4.69) is 20.1 Å². The van der Waals surface area contributed by atoms with E-state index in [1.807, 2.05) is 6.20 Å². The van der Waals surface area contributed by atoms with Gasteiger partial charge in [0.05, 0.1) is 17.8 Å². The number of amides is 1. The van der Waals surface area contributed by atoms with Crippen LogP contribution in [-0.4, -0.2) is 39.9 Å². The number of hydrogen-bond donors (Lipinski definition) is 1.